The largest absolute Gasteiger partial charge is 0.515 e. The smallest absolute Gasteiger partial charge is 0.493 e. The van der Waals surface area contributed by atoms with Crippen molar-refractivity contribution < 1.29 is 23.7 Å². The number of benzene rings is 1. The van der Waals surface area contributed by atoms with Gasteiger partial charge in [0.2, 0.25) is 5.88 Å². The van der Waals surface area contributed by atoms with Gasteiger partial charge in [0, 0.05) is 17.5 Å². The van der Waals surface area contributed by atoms with Crippen molar-refractivity contribution in [1.82, 2.24) is 4.98 Å². The van der Waals surface area contributed by atoms with Crippen molar-refractivity contribution >= 4 is 17.1 Å². The first-order valence-electron chi connectivity index (χ1n) is 5.77. The van der Waals surface area contributed by atoms with E-state index in [2.05, 4.69) is 4.98 Å². The fraction of sp³-hybridized carbons (Fsp3) is 0.308. The minimum atomic E-state index is -0.743. The number of H-pyrrole nitrogens is 1. The summed E-state index contributed by atoms with van der Waals surface area (Å²) in [7, 11) is 3.12. The summed E-state index contributed by atoms with van der Waals surface area (Å²) in [6, 6.07) is 5.25. The summed E-state index contributed by atoms with van der Waals surface area (Å²) in [4.78, 5) is 14.2. The van der Waals surface area contributed by atoms with Gasteiger partial charge >= 0.3 is 6.16 Å². The molecule has 0 bridgehead atoms. The number of hydrogen-bond donors (Lipinski definition) is 1. The number of rotatable bonds is 4. The number of methoxy groups -OCH3 is 2. The Morgan fingerprint density at radius 2 is 1.84 bits per heavy atom. The SMILES string of the molecule is CCOC(=O)Oc1cc2cc(OC)c(OC)cc2[nH]1. The second-order valence-electron chi connectivity index (χ2n) is 3.71. The van der Waals surface area contributed by atoms with Crippen molar-refractivity contribution in [3.63, 3.8) is 0 Å². The number of ether oxygens (including phenoxy) is 4. The van der Waals surface area contributed by atoms with Crippen molar-refractivity contribution in [3.05, 3.63) is 18.2 Å². The zero-order valence-electron chi connectivity index (χ0n) is 11.0. The fourth-order valence-electron chi connectivity index (χ4n) is 1.72. The van der Waals surface area contributed by atoms with E-state index in [1.165, 1.54) is 0 Å². The van der Waals surface area contributed by atoms with Gasteiger partial charge in [-0.05, 0) is 13.0 Å². The Morgan fingerprint density at radius 1 is 1.16 bits per heavy atom. The molecule has 2 aromatic rings. The van der Waals surface area contributed by atoms with Crippen LogP contribution >= 0.6 is 0 Å². The number of aromatic nitrogens is 1. The molecular formula is C13H15NO5. The van der Waals surface area contributed by atoms with Gasteiger partial charge in [0.05, 0.1) is 26.3 Å². The first-order chi connectivity index (χ1) is 9.17. The second-order valence-corrected chi connectivity index (χ2v) is 3.71. The molecule has 1 aromatic heterocycles. The standard InChI is InChI=1S/C13H15NO5/c1-4-18-13(15)19-12-6-8-5-10(16-2)11(17-3)7-9(8)14-12/h5-7,14H,4H2,1-3H3. The molecule has 0 saturated carbocycles. The van der Waals surface area contributed by atoms with Crippen LogP contribution in [-0.4, -0.2) is 32.0 Å². The fourth-order valence-corrected chi connectivity index (χ4v) is 1.72. The van der Waals surface area contributed by atoms with Crippen LogP contribution in [0.2, 0.25) is 0 Å². The molecule has 19 heavy (non-hydrogen) atoms. The Labute approximate surface area is 110 Å². The van der Waals surface area contributed by atoms with Crippen LogP contribution in [0.4, 0.5) is 4.79 Å². The Hall–Kier alpha value is -2.37. The van der Waals surface area contributed by atoms with Crippen LogP contribution in [-0.2, 0) is 4.74 Å². The zero-order valence-corrected chi connectivity index (χ0v) is 11.0. The van der Waals surface area contributed by atoms with E-state index in [0.717, 1.165) is 10.9 Å². The lowest BCUT2D eigenvalue weighted by Gasteiger charge is -2.06. The highest BCUT2D eigenvalue weighted by molar-refractivity contribution is 5.85. The number of carbonyl (C=O) groups excluding carboxylic acids is 1. The van der Waals surface area contributed by atoms with Gasteiger partial charge in [0.15, 0.2) is 11.5 Å². The quantitative estimate of drug-likeness (QED) is 0.861. The molecule has 102 valence electrons. The third-order valence-corrected chi connectivity index (χ3v) is 2.56. The van der Waals surface area contributed by atoms with E-state index in [9.17, 15) is 4.79 Å². The average Bonchev–Trinajstić information content (AvgIpc) is 2.78. The van der Waals surface area contributed by atoms with Gasteiger partial charge in [-0.25, -0.2) is 4.79 Å². The van der Waals surface area contributed by atoms with Crippen LogP contribution in [0.1, 0.15) is 6.92 Å². The van der Waals surface area contributed by atoms with Crippen molar-refractivity contribution in [2.45, 2.75) is 6.92 Å². The minimum Gasteiger partial charge on any atom is -0.493 e. The molecule has 0 unspecified atom stereocenters. The van der Waals surface area contributed by atoms with E-state index in [4.69, 9.17) is 18.9 Å². The summed E-state index contributed by atoms with van der Waals surface area (Å²) in [6.07, 6.45) is -0.743. The average molecular weight is 265 g/mol. The van der Waals surface area contributed by atoms with Gasteiger partial charge < -0.3 is 23.9 Å². The number of fused-ring (bicyclic) bond motifs is 1. The van der Waals surface area contributed by atoms with Crippen LogP contribution in [0, 0.1) is 0 Å². The summed E-state index contributed by atoms with van der Waals surface area (Å²) >= 11 is 0. The second kappa shape index (κ2) is 5.51. The molecule has 0 aliphatic carbocycles. The highest BCUT2D eigenvalue weighted by Gasteiger charge is 2.11. The number of carbonyl (C=O) groups is 1. The summed E-state index contributed by atoms with van der Waals surface area (Å²) < 4.78 is 20.1. The molecule has 1 aromatic carbocycles. The van der Waals surface area contributed by atoms with Gasteiger partial charge in [-0.15, -0.1) is 0 Å². The molecule has 0 aliphatic rings. The molecule has 0 spiro atoms. The van der Waals surface area contributed by atoms with Crippen molar-refractivity contribution in [2.24, 2.45) is 0 Å². The van der Waals surface area contributed by atoms with Crippen LogP contribution < -0.4 is 14.2 Å². The zero-order chi connectivity index (χ0) is 13.8. The molecule has 1 heterocycles. The lowest BCUT2D eigenvalue weighted by atomic mass is 10.2. The molecular weight excluding hydrogens is 250 g/mol. The number of nitrogens with one attached hydrogen (secondary N) is 1. The Balaban J connectivity index is 2.32. The summed E-state index contributed by atoms with van der Waals surface area (Å²) in [5.74, 6) is 1.51. The molecule has 0 atom stereocenters. The summed E-state index contributed by atoms with van der Waals surface area (Å²) in [6.45, 7) is 1.98. The number of aromatic amines is 1. The predicted molar refractivity (Wildman–Crippen MR) is 69.1 cm³/mol. The monoisotopic (exact) mass is 265 g/mol. The molecule has 2 rings (SSSR count). The minimum absolute atomic E-state index is 0.265. The molecule has 0 saturated heterocycles. The highest BCUT2D eigenvalue weighted by Crippen LogP contribution is 2.33. The van der Waals surface area contributed by atoms with Crippen LogP contribution in [0.5, 0.6) is 17.4 Å². The number of hydrogen-bond acceptors (Lipinski definition) is 5. The maximum absolute atomic E-state index is 11.2. The first kappa shape index (κ1) is 13.1. The van der Waals surface area contributed by atoms with Crippen LogP contribution in [0.25, 0.3) is 10.9 Å². The normalized spacial score (nSPS) is 10.3. The highest BCUT2D eigenvalue weighted by atomic mass is 16.7. The predicted octanol–water partition coefficient (Wildman–Crippen LogP) is 2.72. The Morgan fingerprint density at radius 3 is 2.47 bits per heavy atom. The van der Waals surface area contributed by atoms with E-state index >= 15 is 0 Å². The lowest BCUT2D eigenvalue weighted by Crippen LogP contribution is -2.09. The molecule has 0 fully saturated rings. The Bertz CT molecular complexity index is 549. The van der Waals surface area contributed by atoms with E-state index in [-0.39, 0.29) is 6.61 Å². The summed E-state index contributed by atoms with van der Waals surface area (Å²) in [5.41, 5.74) is 0.775. The Kier molecular flexibility index (Phi) is 3.79. The first-order valence-corrected chi connectivity index (χ1v) is 5.77. The van der Waals surface area contributed by atoms with Gasteiger partial charge in [-0.2, -0.15) is 0 Å². The van der Waals surface area contributed by atoms with Gasteiger partial charge in [-0.3, -0.25) is 0 Å². The third kappa shape index (κ3) is 2.73. The molecule has 0 aliphatic heterocycles. The maximum Gasteiger partial charge on any atom is 0.515 e. The van der Waals surface area contributed by atoms with Crippen LogP contribution in [0.15, 0.2) is 18.2 Å². The van der Waals surface area contributed by atoms with E-state index in [1.54, 1.807) is 39.3 Å². The topological polar surface area (TPSA) is 69.8 Å². The van der Waals surface area contributed by atoms with E-state index < -0.39 is 6.16 Å². The molecule has 1 N–H and O–H groups in total. The van der Waals surface area contributed by atoms with Crippen LogP contribution in [0.3, 0.4) is 0 Å². The molecule has 0 amide bonds. The maximum atomic E-state index is 11.2. The van der Waals surface area contributed by atoms with Gasteiger partial charge in [-0.1, -0.05) is 0 Å². The van der Waals surface area contributed by atoms with Crippen molar-refractivity contribution in [2.75, 3.05) is 20.8 Å². The van der Waals surface area contributed by atoms with E-state index in [0.29, 0.717) is 17.4 Å². The molecule has 6 nitrogen and oxygen atoms in total. The molecule has 6 heteroatoms. The van der Waals surface area contributed by atoms with Gasteiger partial charge in [0.25, 0.3) is 0 Å². The van der Waals surface area contributed by atoms with E-state index in [1.807, 2.05) is 0 Å². The van der Waals surface area contributed by atoms with Crippen molar-refractivity contribution in [3.8, 4) is 17.4 Å². The summed E-state index contributed by atoms with van der Waals surface area (Å²) in [5, 5.41) is 0.844. The van der Waals surface area contributed by atoms with Crippen molar-refractivity contribution in [1.29, 1.82) is 0 Å². The third-order valence-electron chi connectivity index (χ3n) is 2.56. The molecule has 0 radical (unpaired) electrons. The lowest BCUT2D eigenvalue weighted by molar-refractivity contribution is 0.103. The van der Waals surface area contributed by atoms with Gasteiger partial charge in [0.1, 0.15) is 0 Å².